The second-order valence-electron chi connectivity index (χ2n) is 4.43. The molecule has 1 N–H and O–H groups in total. The summed E-state index contributed by atoms with van der Waals surface area (Å²) in [6, 6.07) is 15.9. The first kappa shape index (κ1) is 11.1. The van der Waals surface area contributed by atoms with Crippen molar-refractivity contribution in [3.63, 3.8) is 0 Å². The molecule has 0 spiro atoms. The van der Waals surface area contributed by atoms with E-state index in [1.54, 1.807) is 0 Å². The molecule has 1 heterocycles. The Labute approximate surface area is 105 Å². The minimum atomic E-state index is -0.0137. The van der Waals surface area contributed by atoms with E-state index in [1.165, 1.54) is 5.56 Å². The molecule has 2 nitrogen and oxygen atoms in total. The summed E-state index contributed by atoms with van der Waals surface area (Å²) in [5.74, 6) is 0.763. The summed E-state index contributed by atoms with van der Waals surface area (Å²) in [5, 5.41) is 10.5. The molecule has 0 amide bonds. The highest BCUT2D eigenvalue weighted by Gasteiger charge is 2.14. The van der Waals surface area contributed by atoms with Crippen LogP contribution in [0.1, 0.15) is 11.1 Å². The number of rotatable bonds is 2. The Kier molecular flexibility index (Phi) is 2.65. The van der Waals surface area contributed by atoms with E-state index >= 15 is 0 Å². The first-order chi connectivity index (χ1) is 8.79. The van der Waals surface area contributed by atoms with E-state index in [2.05, 4.69) is 6.92 Å². The van der Waals surface area contributed by atoms with Crippen LogP contribution in [-0.4, -0.2) is 5.11 Å². The van der Waals surface area contributed by atoms with E-state index in [4.69, 9.17) is 4.42 Å². The Morgan fingerprint density at radius 2 is 1.72 bits per heavy atom. The lowest BCUT2D eigenvalue weighted by Gasteiger charge is -2.00. The van der Waals surface area contributed by atoms with Crippen LogP contribution >= 0.6 is 0 Å². The van der Waals surface area contributed by atoms with Crippen molar-refractivity contribution in [1.29, 1.82) is 0 Å². The van der Waals surface area contributed by atoms with Gasteiger partial charge in [-0.25, -0.2) is 0 Å². The van der Waals surface area contributed by atoms with E-state index in [0.717, 1.165) is 27.9 Å². The Bertz CT molecular complexity index is 678. The van der Waals surface area contributed by atoms with Gasteiger partial charge in [0.05, 0.1) is 6.61 Å². The van der Waals surface area contributed by atoms with Crippen LogP contribution in [0.5, 0.6) is 0 Å². The maximum Gasteiger partial charge on any atom is 0.140 e. The van der Waals surface area contributed by atoms with Gasteiger partial charge in [-0.15, -0.1) is 0 Å². The van der Waals surface area contributed by atoms with Crippen LogP contribution in [0.15, 0.2) is 52.9 Å². The molecule has 90 valence electrons. The van der Waals surface area contributed by atoms with E-state index in [-0.39, 0.29) is 6.61 Å². The Morgan fingerprint density at radius 1 is 1.00 bits per heavy atom. The van der Waals surface area contributed by atoms with Gasteiger partial charge in [0.15, 0.2) is 0 Å². The first-order valence-corrected chi connectivity index (χ1v) is 5.98. The smallest absolute Gasteiger partial charge is 0.140 e. The summed E-state index contributed by atoms with van der Waals surface area (Å²) < 4.78 is 5.86. The largest absolute Gasteiger partial charge is 0.456 e. The molecule has 18 heavy (non-hydrogen) atoms. The molecule has 0 bridgehead atoms. The number of benzene rings is 2. The first-order valence-electron chi connectivity index (χ1n) is 5.98. The molecule has 0 aliphatic rings. The van der Waals surface area contributed by atoms with Crippen molar-refractivity contribution in [3.8, 4) is 11.3 Å². The number of hydrogen-bond donors (Lipinski definition) is 1. The number of furan rings is 1. The van der Waals surface area contributed by atoms with Crippen molar-refractivity contribution in [2.45, 2.75) is 13.5 Å². The van der Waals surface area contributed by atoms with Crippen LogP contribution in [0.25, 0.3) is 22.3 Å². The number of aryl methyl sites for hydroxylation is 1. The summed E-state index contributed by atoms with van der Waals surface area (Å²) in [6.45, 7) is 2.04. The van der Waals surface area contributed by atoms with E-state index in [9.17, 15) is 5.11 Å². The molecule has 0 unspecified atom stereocenters. The van der Waals surface area contributed by atoms with E-state index in [1.807, 2.05) is 48.5 Å². The third-order valence-electron chi connectivity index (χ3n) is 3.17. The topological polar surface area (TPSA) is 33.4 Å². The summed E-state index contributed by atoms with van der Waals surface area (Å²) in [4.78, 5) is 0. The highest BCUT2D eigenvalue weighted by molar-refractivity contribution is 5.87. The molecular weight excluding hydrogens is 224 g/mol. The molecule has 0 saturated heterocycles. The maximum atomic E-state index is 9.56. The van der Waals surface area contributed by atoms with Crippen LogP contribution in [0.2, 0.25) is 0 Å². The fourth-order valence-electron chi connectivity index (χ4n) is 2.19. The number of fused-ring (bicyclic) bond motifs is 1. The van der Waals surface area contributed by atoms with Crippen molar-refractivity contribution in [3.05, 3.63) is 59.7 Å². The van der Waals surface area contributed by atoms with Gasteiger partial charge in [0, 0.05) is 16.5 Å². The molecule has 0 atom stereocenters. The van der Waals surface area contributed by atoms with Gasteiger partial charge >= 0.3 is 0 Å². The van der Waals surface area contributed by atoms with Crippen molar-refractivity contribution in [1.82, 2.24) is 0 Å². The maximum absolute atomic E-state index is 9.56. The van der Waals surface area contributed by atoms with Crippen molar-refractivity contribution in [2.24, 2.45) is 0 Å². The molecule has 2 aromatic carbocycles. The standard InChI is InChI=1S/C16H14O2/c1-11-6-8-12(9-7-11)16-14(10-17)13-4-2-3-5-15(13)18-16/h2-9,17H,10H2,1H3. The molecule has 0 aliphatic heterocycles. The molecule has 0 saturated carbocycles. The predicted octanol–water partition coefficient (Wildman–Crippen LogP) is 3.90. The SMILES string of the molecule is Cc1ccc(-c2oc3ccccc3c2CO)cc1. The second kappa shape index (κ2) is 4.31. The average Bonchev–Trinajstić information content (AvgIpc) is 2.78. The zero-order valence-corrected chi connectivity index (χ0v) is 10.2. The lowest BCUT2D eigenvalue weighted by atomic mass is 10.1. The van der Waals surface area contributed by atoms with Gasteiger partial charge in [-0.1, -0.05) is 48.0 Å². The number of para-hydroxylation sites is 1. The summed E-state index contributed by atoms with van der Waals surface area (Å²) in [7, 11) is 0. The van der Waals surface area contributed by atoms with Crippen LogP contribution < -0.4 is 0 Å². The lowest BCUT2D eigenvalue weighted by Crippen LogP contribution is -1.85. The Morgan fingerprint density at radius 3 is 2.44 bits per heavy atom. The minimum Gasteiger partial charge on any atom is -0.456 e. The van der Waals surface area contributed by atoms with Gasteiger partial charge in [-0.2, -0.15) is 0 Å². The normalized spacial score (nSPS) is 11.0. The van der Waals surface area contributed by atoms with E-state index < -0.39 is 0 Å². The van der Waals surface area contributed by atoms with Gasteiger partial charge in [0.25, 0.3) is 0 Å². The fraction of sp³-hybridized carbons (Fsp3) is 0.125. The second-order valence-corrected chi connectivity index (χ2v) is 4.43. The molecule has 3 rings (SSSR count). The van der Waals surface area contributed by atoms with Crippen molar-refractivity contribution >= 4 is 11.0 Å². The van der Waals surface area contributed by atoms with Crippen LogP contribution in [-0.2, 0) is 6.61 Å². The van der Waals surface area contributed by atoms with Crippen LogP contribution in [0.3, 0.4) is 0 Å². The predicted molar refractivity (Wildman–Crippen MR) is 72.3 cm³/mol. The average molecular weight is 238 g/mol. The molecule has 0 aliphatic carbocycles. The highest BCUT2D eigenvalue weighted by atomic mass is 16.3. The molecule has 1 aromatic heterocycles. The molecule has 2 heteroatoms. The van der Waals surface area contributed by atoms with E-state index in [0.29, 0.717) is 0 Å². The van der Waals surface area contributed by atoms with Crippen molar-refractivity contribution in [2.75, 3.05) is 0 Å². The summed E-state index contributed by atoms with van der Waals surface area (Å²) in [5.41, 5.74) is 3.88. The number of aliphatic hydroxyl groups is 1. The zero-order valence-electron chi connectivity index (χ0n) is 10.2. The summed E-state index contributed by atoms with van der Waals surface area (Å²) in [6.07, 6.45) is 0. The van der Waals surface area contributed by atoms with Gasteiger partial charge in [-0.3, -0.25) is 0 Å². The van der Waals surface area contributed by atoms with Gasteiger partial charge < -0.3 is 9.52 Å². The number of hydrogen-bond acceptors (Lipinski definition) is 2. The van der Waals surface area contributed by atoms with Gasteiger partial charge in [-0.05, 0) is 13.0 Å². The van der Waals surface area contributed by atoms with Gasteiger partial charge in [0.2, 0.25) is 0 Å². The molecule has 3 aromatic rings. The lowest BCUT2D eigenvalue weighted by molar-refractivity contribution is 0.282. The third kappa shape index (κ3) is 1.71. The minimum absolute atomic E-state index is 0.0137. The Hall–Kier alpha value is -2.06. The number of aliphatic hydroxyl groups excluding tert-OH is 1. The summed E-state index contributed by atoms with van der Waals surface area (Å²) >= 11 is 0. The monoisotopic (exact) mass is 238 g/mol. The third-order valence-corrected chi connectivity index (χ3v) is 3.17. The zero-order chi connectivity index (χ0) is 12.5. The van der Waals surface area contributed by atoms with Crippen LogP contribution in [0.4, 0.5) is 0 Å². The quantitative estimate of drug-likeness (QED) is 0.734. The van der Waals surface area contributed by atoms with Gasteiger partial charge in [0.1, 0.15) is 11.3 Å². The highest BCUT2D eigenvalue weighted by Crippen LogP contribution is 2.33. The molecule has 0 fully saturated rings. The molecular formula is C16H14O2. The fourth-order valence-corrected chi connectivity index (χ4v) is 2.19. The van der Waals surface area contributed by atoms with Crippen LogP contribution in [0, 0.1) is 6.92 Å². The molecule has 0 radical (unpaired) electrons. The van der Waals surface area contributed by atoms with Crippen molar-refractivity contribution < 1.29 is 9.52 Å². The Balaban J connectivity index is 2.25.